The summed E-state index contributed by atoms with van der Waals surface area (Å²) in [7, 11) is 1.69. The Hall–Kier alpha value is -2.61. The number of carbonyl (C=O) groups is 1. The van der Waals surface area contributed by atoms with E-state index in [1.165, 1.54) is 16.9 Å². The molecular formula is C20H29N5O2S. The lowest BCUT2D eigenvalue weighted by molar-refractivity contribution is 0.0957. The number of thiazole rings is 1. The molecule has 0 radical (unpaired) electrons. The van der Waals surface area contributed by atoms with Crippen molar-refractivity contribution in [3.8, 4) is 5.75 Å². The minimum absolute atomic E-state index is 0.0877. The number of benzene rings is 1. The van der Waals surface area contributed by atoms with Crippen LogP contribution in [0.3, 0.4) is 0 Å². The second-order valence-electron chi connectivity index (χ2n) is 6.28. The molecule has 2 rings (SSSR count). The summed E-state index contributed by atoms with van der Waals surface area (Å²) in [4.78, 5) is 21.5. The minimum Gasteiger partial charge on any atom is -0.496 e. The van der Waals surface area contributed by atoms with Gasteiger partial charge in [-0.3, -0.25) is 9.79 Å². The number of rotatable bonds is 9. The lowest BCUT2D eigenvalue weighted by Gasteiger charge is -2.12. The highest BCUT2D eigenvalue weighted by atomic mass is 32.1. The van der Waals surface area contributed by atoms with E-state index in [2.05, 4.69) is 38.9 Å². The van der Waals surface area contributed by atoms with Crippen molar-refractivity contribution in [3.63, 3.8) is 0 Å². The fourth-order valence-corrected chi connectivity index (χ4v) is 3.41. The molecule has 1 aromatic carbocycles. The average Bonchev–Trinajstić information content (AvgIpc) is 3.11. The van der Waals surface area contributed by atoms with Crippen LogP contribution in [0.5, 0.6) is 5.75 Å². The summed E-state index contributed by atoms with van der Waals surface area (Å²) >= 11 is 1.35. The van der Waals surface area contributed by atoms with Crippen molar-refractivity contribution in [2.75, 3.05) is 33.3 Å². The zero-order chi connectivity index (χ0) is 20.4. The molecule has 0 aliphatic carbocycles. The Kier molecular flexibility index (Phi) is 8.74. The van der Waals surface area contributed by atoms with E-state index >= 15 is 0 Å². The van der Waals surface area contributed by atoms with Crippen LogP contribution >= 0.6 is 11.3 Å². The number of hydrogen-bond acceptors (Lipinski definition) is 5. The number of amides is 1. The second kappa shape index (κ2) is 11.3. The van der Waals surface area contributed by atoms with Gasteiger partial charge in [-0.2, -0.15) is 0 Å². The van der Waals surface area contributed by atoms with Crippen molar-refractivity contribution in [1.82, 2.24) is 20.9 Å². The van der Waals surface area contributed by atoms with Crippen LogP contribution in [-0.4, -0.2) is 50.1 Å². The molecule has 0 spiro atoms. The molecule has 1 aromatic heterocycles. The van der Waals surface area contributed by atoms with Gasteiger partial charge >= 0.3 is 0 Å². The Morgan fingerprint density at radius 1 is 1.21 bits per heavy atom. The Morgan fingerprint density at radius 2 is 2.00 bits per heavy atom. The van der Waals surface area contributed by atoms with E-state index in [4.69, 9.17) is 4.74 Å². The molecule has 3 N–H and O–H groups in total. The van der Waals surface area contributed by atoms with Gasteiger partial charge in [0, 0.05) is 26.2 Å². The molecule has 1 amide bonds. The molecule has 0 saturated carbocycles. The maximum Gasteiger partial charge on any atom is 0.263 e. The normalized spacial score (nSPS) is 11.2. The van der Waals surface area contributed by atoms with Gasteiger partial charge in [-0.25, -0.2) is 4.98 Å². The number of carbonyl (C=O) groups excluding carboxylic acids is 1. The third-order valence-electron chi connectivity index (χ3n) is 4.09. The van der Waals surface area contributed by atoms with Gasteiger partial charge < -0.3 is 20.7 Å². The van der Waals surface area contributed by atoms with Crippen LogP contribution in [0, 0.1) is 13.8 Å². The van der Waals surface area contributed by atoms with E-state index in [1.54, 1.807) is 12.6 Å². The molecule has 0 unspecified atom stereocenters. The number of aromatic nitrogens is 1. The van der Waals surface area contributed by atoms with Crippen LogP contribution in [-0.2, 0) is 6.42 Å². The van der Waals surface area contributed by atoms with Gasteiger partial charge in [0.25, 0.3) is 5.91 Å². The molecule has 0 atom stereocenters. The smallest absolute Gasteiger partial charge is 0.263 e. The molecule has 152 valence electrons. The average molecular weight is 404 g/mol. The summed E-state index contributed by atoms with van der Waals surface area (Å²) in [6, 6.07) is 6.16. The summed E-state index contributed by atoms with van der Waals surface area (Å²) in [5.41, 5.74) is 4.80. The van der Waals surface area contributed by atoms with E-state index in [-0.39, 0.29) is 5.91 Å². The monoisotopic (exact) mass is 403 g/mol. The number of hydrogen-bond donors (Lipinski definition) is 3. The van der Waals surface area contributed by atoms with Crippen LogP contribution in [0.15, 0.2) is 28.7 Å². The third kappa shape index (κ3) is 6.53. The standard InChI is InChI=1S/C20H29N5O2S/c1-5-21-20(23-9-8-16-12-14(2)6-7-17(16)27-4)24-11-10-22-19(26)18-15(3)25-13-28-18/h6-7,12-13H,5,8-11H2,1-4H3,(H,22,26)(H2,21,23,24). The largest absolute Gasteiger partial charge is 0.496 e. The van der Waals surface area contributed by atoms with Crippen LogP contribution in [0.25, 0.3) is 0 Å². The Bertz CT molecular complexity index is 804. The highest BCUT2D eigenvalue weighted by molar-refractivity contribution is 7.11. The number of ether oxygens (including phenoxy) is 1. The molecule has 28 heavy (non-hydrogen) atoms. The van der Waals surface area contributed by atoms with Crippen LogP contribution in [0.2, 0.25) is 0 Å². The van der Waals surface area contributed by atoms with Gasteiger partial charge in [-0.1, -0.05) is 17.7 Å². The molecule has 2 aromatic rings. The van der Waals surface area contributed by atoms with E-state index in [0.29, 0.717) is 24.5 Å². The number of nitrogens with one attached hydrogen (secondary N) is 3. The lowest BCUT2D eigenvalue weighted by Crippen LogP contribution is -2.41. The SMILES string of the molecule is CCNC(=NCCc1cc(C)ccc1OC)NCCNC(=O)c1scnc1C. The fraction of sp³-hybridized carbons (Fsp3) is 0.450. The van der Waals surface area contributed by atoms with Crippen LogP contribution in [0.1, 0.15) is 33.4 Å². The number of aliphatic imine (C=N–C) groups is 1. The number of nitrogens with zero attached hydrogens (tertiary/aromatic N) is 2. The predicted molar refractivity (Wildman–Crippen MR) is 115 cm³/mol. The van der Waals surface area contributed by atoms with Gasteiger partial charge in [0.2, 0.25) is 0 Å². The first-order chi connectivity index (χ1) is 13.5. The molecule has 8 heteroatoms. The molecule has 0 aliphatic heterocycles. The number of aryl methyl sites for hydroxylation is 2. The highest BCUT2D eigenvalue weighted by Crippen LogP contribution is 2.20. The van der Waals surface area contributed by atoms with Crippen LogP contribution in [0.4, 0.5) is 0 Å². The topological polar surface area (TPSA) is 87.6 Å². The van der Waals surface area contributed by atoms with Crippen molar-refractivity contribution in [2.24, 2.45) is 4.99 Å². The van der Waals surface area contributed by atoms with Crippen molar-refractivity contribution in [3.05, 3.63) is 45.4 Å². The predicted octanol–water partition coefficient (Wildman–Crippen LogP) is 2.30. The van der Waals surface area contributed by atoms with E-state index in [1.807, 2.05) is 26.0 Å². The fourth-order valence-electron chi connectivity index (χ4n) is 2.69. The summed E-state index contributed by atoms with van der Waals surface area (Å²) in [6.07, 6.45) is 0.794. The maximum absolute atomic E-state index is 12.1. The quantitative estimate of drug-likeness (QED) is 0.340. The van der Waals surface area contributed by atoms with Gasteiger partial charge in [-0.05, 0) is 38.8 Å². The Balaban J connectivity index is 1.81. The van der Waals surface area contributed by atoms with E-state index in [0.717, 1.165) is 35.9 Å². The number of methoxy groups -OCH3 is 1. The molecule has 0 bridgehead atoms. The molecular weight excluding hydrogens is 374 g/mol. The minimum atomic E-state index is -0.0877. The van der Waals surface area contributed by atoms with E-state index in [9.17, 15) is 4.79 Å². The molecule has 0 saturated heterocycles. The molecule has 1 heterocycles. The molecule has 0 fully saturated rings. The first-order valence-electron chi connectivity index (χ1n) is 9.39. The van der Waals surface area contributed by atoms with Crippen molar-refractivity contribution in [2.45, 2.75) is 27.2 Å². The van der Waals surface area contributed by atoms with Crippen molar-refractivity contribution >= 4 is 23.2 Å². The highest BCUT2D eigenvalue weighted by Gasteiger charge is 2.10. The summed E-state index contributed by atoms with van der Waals surface area (Å²) in [5.74, 6) is 1.53. The zero-order valence-corrected chi connectivity index (χ0v) is 17.8. The van der Waals surface area contributed by atoms with E-state index < -0.39 is 0 Å². The third-order valence-corrected chi connectivity index (χ3v) is 5.01. The first kappa shape index (κ1) is 21.7. The zero-order valence-electron chi connectivity index (χ0n) is 17.0. The Labute approximate surface area is 170 Å². The van der Waals surface area contributed by atoms with Gasteiger partial charge in [0.15, 0.2) is 5.96 Å². The first-order valence-corrected chi connectivity index (χ1v) is 10.3. The lowest BCUT2D eigenvalue weighted by atomic mass is 10.1. The van der Waals surface area contributed by atoms with Crippen LogP contribution < -0.4 is 20.7 Å². The summed E-state index contributed by atoms with van der Waals surface area (Å²) in [6.45, 7) is 8.43. The summed E-state index contributed by atoms with van der Waals surface area (Å²) in [5, 5.41) is 9.36. The van der Waals surface area contributed by atoms with Gasteiger partial charge in [0.05, 0.1) is 18.3 Å². The van der Waals surface area contributed by atoms with Gasteiger partial charge in [0.1, 0.15) is 10.6 Å². The van der Waals surface area contributed by atoms with Gasteiger partial charge in [-0.15, -0.1) is 11.3 Å². The Morgan fingerprint density at radius 3 is 2.68 bits per heavy atom. The number of guanidine groups is 1. The van der Waals surface area contributed by atoms with Crippen molar-refractivity contribution < 1.29 is 9.53 Å². The molecule has 0 aliphatic rings. The maximum atomic E-state index is 12.1. The molecule has 7 nitrogen and oxygen atoms in total. The second-order valence-corrected chi connectivity index (χ2v) is 7.13. The van der Waals surface area contributed by atoms with Crippen molar-refractivity contribution in [1.29, 1.82) is 0 Å². The summed E-state index contributed by atoms with van der Waals surface area (Å²) < 4.78 is 5.42.